The van der Waals surface area contributed by atoms with Crippen molar-refractivity contribution < 1.29 is 19.8 Å². The third kappa shape index (κ3) is 5.41. The monoisotopic (exact) mass is 561 g/mol. The number of carbonyl (C=O) groups is 2. The number of aliphatic hydroxyl groups excluding tert-OH is 2. The van der Waals surface area contributed by atoms with Crippen LogP contribution < -0.4 is 5.32 Å². The van der Waals surface area contributed by atoms with Gasteiger partial charge in [0.05, 0.1) is 12.6 Å². The molecule has 2 aliphatic carbocycles. The number of hydrogen-bond acceptors (Lipinski definition) is 4. The van der Waals surface area contributed by atoms with Crippen molar-refractivity contribution in [2.45, 2.75) is 111 Å². The molecule has 2 aromatic carbocycles. The second-order valence-electron chi connectivity index (χ2n) is 15.0. The molecule has 0 radical (unpaired) electrons. The van der Waals surface area contributed by atoms with Gasteiger partial charge in [0.1, 0.15) is 0 Å². The summed E-state index contributed by atoms with van der Waals surface area (Å²) < 4.78 is 0. The molecule has 0 saturated heterocycles. The molecule has 224 valence electrons. The zero-order valence-electron chi connectivity index (χ0n) is 26.9. The number of fused-ring (bicyclic) bond motifs is 4. The Hall–Kier alpha value is -2.50. The van der Waals surface area contributed by atoms with Crippen molar-refractivity contribution in [2.75, 3.05) is 13.2 Å². The van der Waals surface area contributed by atoms with Gasteiger partial charge in [0.2, 0.25) is 0 Å². The number of hydrogen-bond donors (Lipinski definition) is 3. The molecular weight excluding hydrogens is 510 g/mol. The summed E-state index contributed by atoms with van der Waals surface area (Å²) in [4.78, 5) is 28.2. The zero-order chi connectivity index (χ0) is 30.7. The highest BCUT2D eigenvalue weighted by Crippen LogP contribution is 2.64. The van der Waals surface area contributed by atoms with Gasteiger partial charge < -0.3 is 15.5 Å². The van der Waals surface area contributed by atoms with Gasteiger partial charge in [-0.3, -0.25) is 9.59 Å². The number of carbonyl (C=O) groups excluding carboxylic acids is 2. The second-order valence-corrected chi connectivity index (χ2v) is 15.0. The number of Topliss-reactive ketones (excluding diaryl/α,β-unsaturated/α-hetero) is 1. The molecule has 5 heteroatoms. The van der Waals surface area contributed by atoms with E-state index < -0.39 is 5.41 Å². The van der Waals surface area contributed by atoms with Crippen LogP contribution in [0.5, 0.6) is 0 Å². The Bertz CT molecular complexity index is 1250. The molecule has 3 N–H and O–H groups in total. The van der Waals surface area contributed by atoms with Crippen LogP contribution in [-0.4, -0.2) is 41.2 Å². The summed E-state index contributed by atoms with van der Waals surface area (Å²) in [6.45, 7) is 21.1. The van der Waals surface area contributed by atoms with Gasteiger partial charge in [0, 0.05) is 29.6 Å². The molecule has 3 atom stereocenters. The van der Waals surface area contributed by atoms with E-state index in [0.717, 1.165) is 40.7 Å². The molecule has 1 unspecified atom stereocenters. The Morgan fingerprint density at radius 1 is 0.780 bits per heavy atom. The minimum absolute atomic E-state index is 0.0185. The summed E-state index contributed by atoms with van der Waals surface area (Å²) >= 11 is 0. The molecule has 0 aliphatic heterocycles. The third-order valence-corrected chi connectivity index (χ3v) is 9.96. The zero-order valence-corrected chi connectivity index (χ0v) is 26.9. The van der Waals surface area contributed by atoms with Crippen molar-refractivity contribution in [3.63, 3.8) is 0 Å². The molecule has 5 nitrogen and oxygen atoms in total. The van der Waals surface area contributed by atoms with Crippen molar-refractivity contribution >= 4 is 11.7 Å². The first-order valence-corrected chi connectivity index (χ1v) is 15.4. The third-order valence-electron chi connectivity index (χ3n) is 9.96. The SMILES string of the molecule is Cc1cc(C(=O)C[C@H](CO)C(C)C)c2c(c1)C(C)(C)CC21CC(C)(C)c2cc(C)cc(C(=O)N[C@H](CO)C(C)C)c21. The van der Waals surface area contributed by atoms with E-state index in [1.807, 2.05) is 32.9 Å². The van der Waals surface area contributed by atoms with E-state index in [1.165, 1.54) is 11.1 Å². The van der Waals surface area contributed by atoms with Crippen molar-refractivity contribution in [1.29, 1.82) is 0 Å². The summed E-state index contributed by atoms with van der Waals surface area (Å²) in [7, 11) is 0. The Labute approximate surface area is 247 Å². The fraction of sp³-hybridized carbons (Fsp3) is 0.611. The van der Waals surface area contributed by atoms with Crippen molar-refractivity contribution in [2.24, 2.45) is 17.8 Å². The van der Waals surface area contributed by atoms with Crippen LogP contribution in [0.3, 0.4) is 0 Å². The van der Waals surface area contributed by atoms with Gasteiger partial charge in [-0.05, 0) is 89.7 Å². The van der Waals surface area contributed by atoms with Gasteiger partial charge in [-0.1, -0.05) is 78.6 Å². The Kier molecular flexibility index (Phi) is 8.41. The van der Waals surface area contributed by atoms with Gasteiger partial charge in [0.25, 0.3) is 5.91 Å². The van der Waals surface area contributed by atoms with Crippen LogP contribution in [0.25, 0.3) is 0 Å². The number of ketones is 1. The van der Waals surface area contributed by atoms with Crippen molar-refractivity contribution in [1.82, 2.24) is 5.32 Å². The Balaban J connectivity index is 2.01. The van der Waals surface area contributed by atoms with Gasteiger partial charge in [-0.25, -0.2) is 0 Å². The molecule has 0 heterocycles. The number of benzene rings is 2. The molecule has 41 heavy (non-hydrogen) atoms. The quantitative estimate of drug-likeness (QED) is 0.304. The summed E-state index contributed by atoms with van der Waals surface area (Å²) in [6, 6.07) is 8.16. The van der Waals surface area contributed by atoms with Crippen molar-refractivity contribution in [3.8, 4) is 0 Å². The molecular formula is C36H51NO4. The predicted octanol–water partition coefficient (Wildman–Crippen LogP) is 6.54. The van der Waals surface area contributed by atoms with E-state index in [-0.39, 0.29) is 59.5 Å². The van der Waals surface area contributed by atoms with E-state index >= 15 is 0 Å². The lowest BCUT2D eigenvalue weighted by molar-refractivity contribution is 0.0893. The molecule has 2 aromatic rings. The van der Waals surface area contributed by atoms with Gasteiger partial charge >= 0.3 is 0 Å². The van der Waals surface area contributed by atoms with Crippen LogP contribution in [0.15, 0.2) is 24.3 Å². The van der Waals surface area contributed by atoms with E-state index in [1.54, 1.807) is 0 Å². The number of amides is 1. The van der Waals surface area contributed by atoms with Crippen LogP contribution in [-0.2, 0) is 16.2 Å². The standard InChI is InChI=1S/C36H51NO4/c1-20(2)24(16-38)15-30(40)25-11-22(5)13-27-31(25)36(18-34(27,7)8)19-35(9,10)28-14-23(6)12-26(32(28)36)33(41)37-29(17-39)21(3)4/h11-14,20-21,24,29,38-39H,15-19H2,1-10H3,(H,37,41)/t24-,29-,36?/m1/s1. The fourth-order valence-electron chi connectivity index (χ4n) is 7.84. The molecule has 4 rings (SSSR count). The number of aryl methyl sites for hydroxylation is 2. The van der Waals surface area contributed by atoms with Crippen LogP contribution in [0, 0.1) is 31.6 Å². The maximum absolute atomic E-state index is 14.2. The molecule has 0 bridgehead atoms. The Morgan fingerprint density at radius 3 is 1.71 bits per heavy atom. The van der Waals surface area contributed by atoms with Crippen LogP contribution >= 0.6 is 0 Å². The smallest absolute Gasteiger partial charge is 0.251 e. The largest absolute Gasteiger partial charge is 0.396 e. The van der Waals surface area contributed by atoms with Gasteiger partial charge in [0.15, 0.2) is 5.78 Å². The normalized spacial score (nSPS) is 21.7. The van der Waals surface area contributed by atoms with E-state index in [2.05, 4.69) is 65.9 Å². The molecule has 0 saturated carbocycles. The minimum atomic E-state index is -0.504. The average Bonchev–Trinajstić information content (AvgIpc) is 3.23. The predicted molar refractivity (Wildman–Crippen MR) is 166 cm³/mol. The van der Waals surface area contributed by atoms with Gasteiger partial charge in [-0.15, -0.1) is 0 Å². The summed E-state index contributed by atoms with van der Waals surface area (Å²) in [5, 5.41) is 23.2. The lowest BCUT2D eigenvalue weighted by atomic mass is 9.69. The molecule has 0 aromatic heterocycles. The van der Waals surface area contributed by atoms with Gasteiger partial charge in [-0.2, -0.15) is 0 Å². The topological polar surface area (TPSA) is 86.6 Å². The summed E-state index contributed by atoms with van der Waals surface area (Å²) in [5.74, 6) is 0.0789. The maximum atomic E-state index is 14.2. The number of rotatable bonds is 9. The van der Waals surface area contributed by atoms with Crippen molar-refractivity contribution in [3.05, 3.63) is 68.8 Å². The van der Waals surface area contributed by atoms with Crippen LogP contribution in [0.4, 0.5) is 0 Å². The minimum Gasteiger partial charge on any atom is -0.396 e. The number of aliphatic hydroxyl groups is 2. The van der Waals surface area contributed by atoms with Crippen LogP contribution in [0.2, 0.25) is 0 Å². The lowest BCUT2D eigenvalue weighted by Gasteiger charge is -2.33. The molecule has 1 amide bonds. The highest BCUT2D eigenvalue weighted by molar-refractivity contribution is 6.01. The lowest BCUT2D eigenvalue weighted by Crippen LogP contribution is -2.42. The fourth-order valence-corrected chi connectivity index (χ4v) is 7.84. The first kappa shape index (κ1) is 31.4. The Morgan fingerprint density at radius 2 is 1.27 bits per heavy atom. The molecule has 0 fully saturated rings. The second kappa shape index (κ2) is 11.0. The van der Waals surface area contributed by atoms with E-state index in [9.17, 15) is 19.8 Å². The molecule has 1 spiro atoms. The van der Waals surface area contributed by atoms with Crippen LogP contribution in [0.1, 0.15) is 129 Å². The average molecular weight is 562 g/mol. The van der Waals surface area contributed by atoms with E-state index in [4.69, 9.17) is 0 Å². The first-order valence-electron chi connectivity index (χ1n) is 15.4. The highest BCUT2D eigenvalue weighted by Gasteiger charge is 2.58. The summed E-state index contributed by atoms with van der Waals surface area (Å²) in [6.07, 6.45) is 1.91. The summed E-state index contributed by atoms with van der Waals surface area (Å²) in [5.41, 5.74) is 7.06. The highest BCUT2D eigenvalue weighted by atomic mass is 16.3. The first-order chi connectivity index (χ1) is 19.0. The molecule has 2 aliphatic rings. The van der Waals surface area contributed by atoms with E-state index in [0.29, 0.717) is 12.0 Å². The number of nitrogens with one attached hydrogen (secondary N) is 1. The maximum Gasteiger partial charge on any atom is 0.251 e.